The molecule has 1 heterocycles. The van der Waals surface area contributed by atoms with Crippen LogP contribution < -0.4 is 5.32 Å². The minimum absolute atomic E-state index is 0.00886. The number of amides is 2. The molecule has 0 aliphatic carbocycles. The third-order valence-electron chi connectivity index (χ3n) is 3.37. The Hall–Kier alpha value is -1.26. The molecule has 0 aromatic rings. The number of nitrogens with zero attached hydrogens (tertiary/aromatic N) is 1. The largest absolute Gasteiger partial charge is 0.480 e. The number of carbonyl (C=O) groups excluding carboxylic acids is 1. The van der Waals surface area contributed by atoms with Gasteiger partial charge in [0, 0.05) is 13.1 Å². The quantitative estimate of drug-likeness (QED) is 0.794. The summed E-state index contributed by atoms with van der Waals surface area (Å²) in [6.07, 6.45) is 2.24. The Morgan fingerprint density at radius 2 is 1.94 bits per heavy atom. The van der Waals surface area contributed by atoms with Crippen molar-refractivity contribution in [2.75, 3.05) is 13.1 Å². The molecule has 18 heavy (non-hydrogen) atoms. The number of carbonyl (C=O) groups is 2. The molecule has 104 valence electrons. The monoisotopic (exact) mass is 256 g/mol. The van der Waals surface area contributed by atoms with E-state index in [4.69, 9.17) is 0 Å². The maximum Gasteiger partial charge on any atom is 0.329 e. The number of aliphatic carboxylic acids is 1. The number of urea groups is 1. The second-order valence-electron chi connectivity index (χ2n) is 6.41. The van der Waals surface area contributed by atoms with Crippen molar-refractivity contribution in [3.63, 3.8) is 0 Å². The highest BCUT2D eigenvalue weighted by Gasteiger charge is 2.43. The SMILES string of the molecule is CC(C)(C)CNC(=O)N1CCCCC1(C)C(=O)O. The highest BCUT2D eigenvalue weighted by molar-refractivity contribution is 5.86. The first-order valence-electron chi connectivity index (χ1n) is 6.46. The highest BCUT2D eigenvalue weighted by atomic mass is 16.4. The zero-order valence-electron chi connectivity index (χ0n) is 11.7. The molecule has 0 saturated carbocycles. The first-order valence-corrected chi connectivity index (χ1v) is 6.46. The molecule has 0 aromatic carbocycles. The Morgan fingerprint density at radius 1 is 1.33 bits per heavy atom. The van der Waals surface area contributed by atoms with Crippen LogP contribution in [0.5, 0.6) is 0 Å². The van der Waals surface area contributed by atoms with Gasteiger partial charge in [-0.15, -0.1) is 0 Å². The molecule has 1 aliphatic heterocycles. The van der Waals surface area contributed by atoms with E-state index < -0.39 is 11.5 Å². The highest BCUT2D eigenvalue weighted by Crippen LogP contribution is 2.28. The lowest BCUT2D eigenvalue weighted by atomic mass is 9.89. The molecule has 5 nitrogen and oxygen atoms in total. The van der Waals surface area contributed by atoms with Gasteiger partial charge in [0.2, 0.25) is 0 Å². The summed E-state index contributed by atoms with van der Waals surface area (Å²) in [5.41, 5.74) is -1.08. The summed E-state index contributed by atoms with van der Waals surface area (Å²) in [6.45, 7) is 8.77. The van der Waals surface area contributed by atoms with Crippen molar-refractivity contribution in [1.29, 1.82) is 0 Å². The van der Waals surface area contributed by atoms with Gasteiger partial charge in [-0.25, -0.2) is 9.59 Å². The Kier molecular flexibility index (Phi) is 4.24. The van der Waals surface area contributed by atoms with Gasteiger partial charge in [0.25, 0.3) is 0 Å². The number of likely N-dealkylation sites (tertiary alicyclic amines) is 1. The second kappa shape index (κ2) is 5.16. The van der Waals surface area contributed by atoms with E-state index in [1.54, 1.807) is 6.92 Å². The van der Waals surface area contributed by atoms with Gasteiger partial charge in [-0.2, -0.15) is 0 Å². The van der Waals surface area contributed by atoms with E-state index in [9.17, 15) is 14.7 Å². The molecule has 0 spiro atoms. The van der Waals surface area contributed by atoms with Crippen LogP contribution in [-0.4, -0.2) is 40.6 Å². The average molecular weight is 256 g/mol. The molecule has 1 saturated heterocycles. The lowest BCUT2D eigenvalue weighted by molar-refractivity contribution is -0.150. The molecule has 1 aliphatic rings. The molecule has 0 bridgehead atoms. The van der Waals surface area contributed by atoms with Crippen molar-refractivity contribution >= 4 is 12.0 Å². The summed E-state index contributed by atoms with van der Waals surface area (Å²) in [5.74, 6) is -0.923. The van der Waals surface area contributed by atoms with Gasteiger partial charge in [0.1, 0.15) is 5.54 Å². The predicted octanol–water partition coefficient (Wildman–Crippen LogP) is 2.07. The van der Waals surface area contributed by atoms with Crippen LogP contribution in [0.3, 0.4) is 0 Å². The summed E-state index contributed by atoms with van der Waals surface area (Å²) in [5, 5.41) is 12.1. The predicted molar refractivity (Wildman–Crippen MR) is 69.5 cm³/mol. The van der Waals surface area contributed by atoms with Crippen LogP contribution in [0.1, 0.15) is 47.0 Å². The van der Waals surface area contributed by atoms with E-state index in [0.717, 1.165) is 12.8 Å². The second-order valence-corrected chi connectivity index (χ2v) is 6.41. The van der Waals surface area contributed by atoms with E-state index in [-0.39, 0.29) is 11.4 Å². The molecule has 0 radical (unpaired) electrons. The molecular formula is C13H24N2O3. The van der Waals surface area contributed by atoms with Crippen molar-refractivity contribution < 1.29 is 14.7 Å². The first kappa shape index (κ1) is 14.8. The molecule has 1 fully saturated rings. The summed E-state index contributed by atoms with van der Waals surface area (Å²) in [4.78, 5) is 24.9. The molecule has 1 rings (SSSR count). The Morgan fingerprint density at radius 3 is 2.44 bits per heavy atom. The summed E-state index contributed by atoms with van der Waals surface area (Å²) in [6, 6.07) is -0.269. The average Bonchev–Trinajstić information content (AvgIpc) is 2.25. The fourth-order valence-corrected chi connectivity index (χ4v) is 2.11. The number of rotatable bonds is 2. The Labute approximate surface area is 109 Å². The van der Waals surface area contributed by atoms with E-state index in [1.165, 1.54) is 4.90 Å². The third-order valence-corrected chi connectivity index (χ3v) is 3.37. The number of carboxylic acids is 1. The molecule has 1 atom stereocenters. The molecule has 1 unspecified atom stereocenters. The van der Waals surface area contributed by atoms with E-state index in [2.05, 4.69) is 5.32 Å². The maximum absolute atomic E-state index is 12.1. The van der Waals surface area contributed by atoms with E-state index in [0.29, 0.717) is 19.5 Å². The van der Waals surface area contributed by atoms with Crippen molar-refractivity contribution in [2.24, 2.45) is 5.41 Å². The summed E-state index contributed by atoms with van der Waals surface area (Å²) in [7, 11) is 0. The third kappa shape index (κ3) is 3.37. The zero-order chi connectivity index (χ0) is 14.0. The van der Waals surface area contributed by atoms with E-state index >= 15 is 0 Å². The molecule has 2 amide bonds. The van der Waals surface area contributed by atoms with Gasteiger partial charge < -0.3 is 15.3 Å². The fourth-order valence-electron chi connectivity index (χ4n) is 2.11. The van der Waals surface area contributed by atoms with Crippen molar-refractivity contribution in [3.05, 3.63) is 0 Å². The minimum Gasteiger partial charge on any atom is -0.480 e. The van der Waals surface area contributed by atoms with Crippen LogP contribution in [-0.2, 0) is 4.79 Å². The first-order chi connectivity index (χ1) is 8.17. The van der Waals surface area contributed by atoms with Crippen LogP contribution >= 0.6 is 0 Å². The van der Waals surface area contributed by atoms with Crippen molar-refractivity contribution in [2.45, 2.75) is 52.5 Å². The van der Waals surface area contributed by atoms with Crippen molar-refractivity contribution in [3.8, 4) is 0 Å². The smallest absolute Gasteiger partial charge is 0.329 e. The van der Waals surface area contributed by atoms with Gasteiger partial charge >= 0.3 is 12.0 Å². The molecule has 2 N–H and O–H groups in total. The number of nitrogens with one attached hydrogen (secondary N) is 1. The molecular weight excluding hydrogens is 232 g/mol. The van der Waals surface area contributed by atoms with Crippen LogP contribution in [0.25, 0.3) is 0 Å². The van der Waals surface area contributed by atoms with Gasteiger partial charge in [0.15, 0.2) is 0 Å². The minimum atomic E-state index is -1.07. The zero-order valence-corrected chi connectivity index (χ0v) is 11.7. The van der Waals surface area contributed by atoms with Gasteiger partial charge in [-0.1, -0.05) is 20.8 Å². The fraction of sp³-hybridized carbons (Fsp3) is 0.846. The Bertz CT molecular complexity index is 336. The summed E-state index contributed by atoms with van der Waals surface area (Å²) < 4.78 is 0. The lowest BCUT2D eigenvalue weighted by Gasteiger charge is -2.41. The number of hydrogen-bond acceptors (Lipinski definition) is 2. The van der Waals surface area contributed by atoms with Crippen LogP contribution in [0.15, 0.2) is 0 Å². The number of carboxylic acid groups (broad SMARTS) is 1. The molecule has 5 heteroatoms. The Balaban J connectivity index is 2.72. The maximum atomic E-state index is 12.1. The van der Waals surface area contributed by atoms with Gasteiger partial charge in [-0.05, 0) is 31.6 Å². The van der Waals surface area contributed by atoms with Crippen LogP contribution in [0, 0.1) is 5.41 Å². The standard InChI is InChI=1S/C13H24N2O3/c1-12(2,3)9-14-11(18)15-8-6-5-7-13(15,4)10(16)17/h5-9H2,1-4H3,(H,14,18)(H,16,17). The lowest BCUT2D eigenvalue weighted by Crippen LogP contribution is -2.60. The normalized spacial score (nSPS) is 24.8. The van der Waals surface area contributed by atoms with Gasteiger partial charge in [0.05, 0.1) is 0 Å². The van der Waals surface area contributed by atoms with Crippen LogP contribution in [0.4, 0.5) is 4.79 Å². The number of piperidine rings is 1. The van der Waals surface area contributed by atoms with Crippen molar-refractivity contribution in [1.82, 2.24) is 10.2 Å². The molecule has 0 aromatic heterocycles. The van der Waals surface area contributed by atoms with Crippen LogP contribution in [0.2, 0.25) is 0 Å². The number of hydrogen-bond donors (Lipinski definition) is 2. The topological polar surface area (TPSA) is 69.6 Å². The van der Waals surface area contributed by atoms with E-state index in [1.807, 2.05) is 20.8 Å². The summed E-state index contributed by atoms with van der Waals surface area (Å²) >= 11 is 0. The van der Waals surface area contributed by atoms with Gasteiger partial charge in [-0.3, -0.25) is 0 Å².